The number of imide groups is 1. The van der Waals surface area contributed by atoms with Crippen molar-refractivity contribution >= 4 is 18.0 Å². The molecule has 0 aromatic carbocycles. The van der Waals surface area contributed by atoms with Gasteiger partial charge in [0.25, 0.3) is 5.91 Å². The van der Waals surface area contributed by atoms with Crippen LogP contribution >= 0.6 is 0 Å². The molecule has 1 fully saturated rings. The van der Waals surface area contributed by atoms with Crippen LogP contribution in [0.4, 0.5) is 9.59 Å². The van der Waals surface area contributed by atoms with E-state index in [0.29, 0.717) is 19.5 Å². The van der Waals surface area contributed by atoms with Gasteiger partial charge >= 0.3 is 12.1 Å². The fourth-order valence-corrected chi connectivity index (χ4v) is 1.40. The van der Waals surface area contributed by atoms with Crippen LogP contribution in [0.1, 0.15) is 27.2 Å². The molecule has 0 bridgehead atoms. The maximum absolute atomic E-state index is 11.4. The van der Waals surface area contributed by atoms with E-state index in [2.05, 4.69) is 21.3 Å². The first-order valence-corrected chi connectivity index (χ1v) is 5.91. The molecule has 0 saturated carbocycles. The number of carbonyl (C=O) groups is 3. The van der Waals surface area contributed by atoms with Crippen LogP contribution in [0.25, 0.3) is 0 Å². The number of nitrogens with one attached hydrogen (secondary N) is 4. The molecule has 5 amide bonds. The number of hydrogen-bond acceptors (Lipinski definition) is 3. The van der Waals surface area contributed by atoms with Crippen LogP contribution in [0.3, 0.4) is 0 Å². The standard InChI is InChI=1S/C11H20N4O3/c1-11(2,3)6-13-9(17)12-5-4-7-8(16)15-10(18)14-7/h7H,4-6H2,1-3H3,(H2,12,13,17)(H2,14,15,16,18). The molecule has 18 heavy (non-hydrogen) atoms. The minimum Gasteiger partial charge on any atom is -0.338 e. The largest absolute Gasteiger partial charge is 0.338 e. The maximum atomic E-state index is 11.4. The van der Waals surface area contributed by atoms with Gasteiger partial charge in [-0.15, -0.1) is 0 Å². The smallest absolute Gasteiger partial charge is 0.322 e. The summed E-state index contributed by atoms with van der Waals surface area (Å²) in [5.41, 5.74) is 0.0245. The number of urea groups is 2. The molecule has 0 aromatic heterocycles. The van der Waals surface area contributed by atoms with Crippen molar-refractivity contribution < 1.29 is 14.4 Å². The minimum atomic E-state index is -0.555. The third kappa shape index (κ3) is 5.03. The van der Waals surface area contributed by atoms with E-state index in [9.17, 15) is 14.4 Å². The van der Waals surface area contributed by atoms with Crippen LogP contribution in [-0.2, 0) is 4.79 Å². The van der Waals surface area contributed by atoms with Gasteiger partial charge < -0.3 is 16.0 Å². The molecule has 0 aliphatic carbocycles. The zero-order valence-corrected chi connectivity index (χ0v) is 10.9. The summed E-state index contributed by atoms with van der Waals surface area (Å²) in [5, 5.41) is 9.96. The highest BCUT2D eigenvalue weighted by Gasteiger charge is 2.28. The lowest BCUT2D eigenvalue weighted by molar-refractivity contribution is -0.120. The Labute approximate surface area is 106 Å². The third-order valence-corrected chi connectivity index (χ3v) is 2.36. The quantitative estimate of drug-likeness (QED) is 0.530. The molecular formula is C11H20N4O3. The van der Waals surface area contributed by atoms with Gasteiger partial charge in [0.05, 0.1) is 0 Å². The molecular weight excluding hydrogens is 236 g/mol. The van der Waals surface area contributed by atoms with Crippen molar-refractivity contribution in [2.75, 3.05) is 13.1 Å². The van der Waals surface area contributed by atoms with Crippen LogP contribution in [0.2, 0.25) is 0 Å². The number of carbonyl (C=O) groups excluding carboxylic acids is 3. The van der Waals surface area contributed by atoms with Gasteiger partial charge in [-0.1, -0.05) is 20.8 Å². The van der Waals surface area contributed by atoms with Crippen LogP contribution < -0.4 is 21.3 Å². The highest BCUT2D eigenvalue weighted by Crippen LogP contribution is 2.09. The molecule has 1 aliphatic heterocycles. The summed E-state index contributed by atoms with van der Waals surface area (Å²) in [6, 6.07) is -1.31. The van der Waals surface area contributed by atoms with Crippen molar-refractivity contribution in [1.82, 2.24) is 21.3 Å². The van der Waals surface area contributed by atoms with Crippen LogP contribution in [0.5, 0.6) is 0 Å². The number of amides is 5. The SMILES string of the molecule is CC(C)(C)CNC(=O)NCCC1NC(=O)NC1=O. The highest BCUT2D eigenvalue weighted by molar-refractivity contribution is 6.04. The van der Waals surface area contributed by atoms with E-state index in [-0.39, 0.29) is 17.4 Å². The van der Waals surface area contributed by atoms with Crippen molar-refractivity contribution in [1.29, 1.82) is 0 Å². The average molecular weight is 256 g/mol. The Balaban J connectivity index is 2.16. The van der Waals surface area contributed by atoms with E-state index in [0.717, 1.165) is 0 Å². The van der Waals surface area contributed by atoms with Crippen molar-refractivity contribution in [2.24, 2.45) is 5.41 Å². The van der Waals surface area contributed by atoms with Gasteiger partial charge in [0.1, 0.15) is 6.04 Å². The molecule has 7 nitrogen and oxygen atoms in total. The van der Waals surface area contributed by atoms with Gasteiger partial charge in [0.2, 0.25) is 0 Å². The first-order chi connectivity index (χ1) is 8.28. The Hall–Kier alpha value is -1.79. The Bertz CT molecular complexity index is 349. The van der Waals surface area contributed by atoms with E-state index in [1.807, 2.05) is 20.8 Å². The molecule has 0 radical (unpaired) electrons. The van der Waals surface area contributed by atoms with Crippen LogP contribution in [0, 0.1) is 5.41 Å². The Morgan fingerprint density at radius 1 is 1.28 bits per heavy atom. The van der Waals surface area contributed by atoms with Gasteiger partial charge in [-0.3, -0.25) is 10.1 Å². The van der Waals surface area contributed by atoms with Crippen molar-refractivity contribution in [3.05, 3.63) is 0 Å². The molecule has 0 spiro atoms. The number of hydrogen-bond donors (Lipinski definition) is 4. The van der Waals surface area contributed by atoms with E-state index in [4.69, 9.17) is 0 Å². The molecule has 1 aliphatic rings. The summed E-state index contributed by atoms with van der Waals surface area (Å²) in [7, 11) is 0. The molecule has 7 heteroatoms. The van der Waals surface area contributed by atoms with Crippen LogP contribution in [-0.4, -0.2) is 37.1 Å². The summed E-state index contributed by atoms with van der Waals surface area (Å²) >= 11 is 0. The van der Waals surface area contributed by atoms with Gasteiger partial charge in [0, 0.05) is 13.1 Å². The molecule has 102 valence electrons. The molecule has 1 atom stereocenters. The predicted octanol–water partition coefficient (Wildman–Crippen LogP) is -0.0702. The minimum absolute atomic E-state index is 0.0245. The lowest BCUT2D eigenvalue weighted by atomic mass is 9.97. The summed E-state index contributed by atoms with van der Waals surface area (Å²) < 4.78 is 0. The van der Waals surface area contributed by atoms with E-state index in [1.54, 1.807) is 0 Å². The topological polar surface area (TPSA) is 99.3 Å². The molecule has 1 heterocycles. The van der Waals surface area contributed by atoms with Gasteiger partial charge in [-0.2, -0.15) is 0 Å². The summed E-state index contributed by atoms with van der Waals surface area (Å²) in [4.78, 5) is 33.4. The number of rotatable bonds is 4. The van der Waals surface area contributed by atoms with E-state index in [1.165, 1.54) is 0 Å². The van der Waals surface area contributed by atoms with Gasteiger partial charge in [-0.25, -0.2) is 9.59 Å². The Morgan fingerprint density at radius 3 is 2.44 bits per heavy atom. The molecule has 1 rings (SSSR count). The second-order valence-corrected chi connectivity index (χ2v) is 5.47. The fourth-order valence-electron chi connectivity index (χ4n) is 1.40. The first kappa shape index (κ1) is 14.3. The van der Waals surface area contributed by atoms with Crippen molar-refractivity contribution in [2.45, 2.75) is 33.2 Å². The van der Waals surface area contributed by atoms with Crippen LogP contribution in [0.15, 0.2) is 0 Å². The Morgan fingerprint density at radius 2 is 1.94 bits per heavy atom. The van der Waals surface area contributed by atoms with Gasteiger partial charge in [-0.05, 0) is 11.8 Å². The summed E-state index contributed by atoms with van der Waals surface area (Å²) in [6.07, 6.45) is 0.376. The lowest BCUT2D eigenvalue weighted by Gasteiger charge is -2.19. The Kier molecular flexibility index (Phi) is 4.52. The molecule has 1 unspecified atom stereocenters. The molecule has 0 aromatic rings. The first-order valence-electron chi connectivity index (χ1n) is 5.91. The zero-order valence-electron chi connectivity index (χ0n) is 10.9. The second kappa shape index (κ2) is 5.70. The predicted molar refractivity (Wildman–Crippen MR) is 65.9 cm³/mol. The maximum Gasteiger partial charge on any atom is 0.322 e. The van der Waals surface area contributed by atoms with E-state index < -0.39 is 12.1 Å². The molecule has 4 N–H and O–H groups in total. The second-order valence-electron chi connectivity index (χ2n) is 5.47. The monoisotopic (exact) mass is 256 g/mol. The zero-order chi connectivity index (χ0) is 13.8. The van der Waals surface area contributed by atoms with Crippen molar-refractivity contribution in [3.63, 3.8) is 0 Å². The normalized spacial score (nSPS) is 19.2. The van der Waals surface area contributed by atoms with Crippen molar-refractivity contribution in [3.8, 4) is 0 Å². The average Bonchev–Trinajstić information content (AvgIpc) is 2.54. The fraction of sp³-hybridized carbons (Fsp3) is 0.727. The van der Waals surface area contributed by atoms with Gasteiger partial charge in [0.15, 0.2) is 0 Å². The highest BCUT2D eigenvalue weighted by atomic mass is 16.2. The third-order valence-electron chi connectivity index (χ3n) is 2.36. The lowest BCUT2D eigenvalue weighted by Crippen LogP contribution is -2.42. The summed E-state index contributed by atoms with van der Waals surface area (Å²) in [6.45, 7) is 6.96. The summed E-state index contributed by atoms with van der Waals surface area (Å²) in [5.74, 6) is -0.350. The van der Waals surface area contributed by atoms with E-state index >= 15 is 0 Å². The molecule has 1 saturated heterocycles.